The Kier molecular flexibility index (Phi) is 8.76. The maximum absolute atomic E-state index is 12.9. The van der Waals surface area contributed by atoms with Crippen LogP contribution in [0.5, 0.6) is 0 Å². The molecule has 5 N–H and O–H groups in total. The third-order valence-corrected chi connectivity index (χ3v) is 6.14. The van der Waals surface area contributed by atoms with E-state index in [1.165, 1.54) is 38.1 Å². The Morgan fingerprint density at radius 1 is 1.36 bits per heavy atom. The first-order valence-corrected chi connectivity index (χ1v) is 10.7. The van der Waals surface area contributed by atoms with Gasteiger partial charge >= 0.3 is 24.1 Å². The zero-order valence-corrected chi connectivity index (χ0v) is 19.3. The van der Waals surface area contributed by atoms with E-state index >= 15 is 0 Å². The summed E-state index contributed by atoms with van der Waals surface area (Å²) in [4.78, 5) is 58.2. The molecule has 1 aromatic rings. The van der Waals surface area contributed by atoms with Gasteiger partial charge in [-0.05, 0) is 12.1 Å². The summed E-state index contributed by atoms with van der Waals surface area (Å²) in [5, 5.41) is 18.4. The highest BCUT2D eigenvalue weighted by Gasteiger charge is 2.67. The van der Waals surface area contributed by atoms with E-state index in [1.807, 2.05) is 0 Å². The van der Waals surface area contributed by atoms with E-state index in [9.17, 15) is 37.5 Å². The molecule has 3 rings (SSSR count). The minimum absolute atomic E-state index is 0.161. The number of hydrogen-bond donors (Lipinski definition) is 4. The van der Waals surface area contributed by atoms with Crippen LogP contribution in [0.4, 0.5) is 13.2 Å². The maximum atomic E-state index is 12.9. The molecule has 0 aromatic carbocycles. The number of carboxylic acid groups (broad SMARTS) is 2. The van der Waals surface area contributed by atoms with Gasteiger partial charge in [0.2, 0.25) is 5.91 Å². The molecule has 1 saturated heterocycles. The fourth-order valence-electron chi connectivity index (χ4n) is 3.10. The van der Waals surface area contributed by atoms with Crippen LogP contribution in [-0.2, 0) is 33.4 Å². The highest BCUT2D eigenvalue weighted by atomic mass is 32.2. The number of nitrogens with one attached hydrogen (secondary N) is 1. The van der Waals surface area contributed by atoms with E-state index in [-0.39, 0.29) is 29.4 Å². The molecule has 2 aliphatic rings. The number of rotatable bonds is 7. The van der Waals surface area contributed by atoms with Crippen molar-refractivity contribution >= 4 is 41.5 Å². The van der Waals surface area contributed by atoms with Gasteiger partial charge in [-0.3, -0.25) is 19.3 Å². The number of esters is 1. The molecular weight excluding hydrogens is 519 g/mol. The second-order valence-electron chi connectivity index (χ2n) is 7.10. The second-order valence-corrected chi connectivity index (χ2v) is 8.17. The predicted molar refractivity (Wildman–Crippen MR) is 112 cm³/mol. The number of carbonyl (C=O) groups excluding carboxylic acids is 3. The number of hydrogen-bond acceptors (Lipinski definition) is 10. The van der Waals surface area contributed by atoms with Crippen molar-refractivity contribution in [2.75, 3.05) is 19.5 Å². The van der Waals surface area contributed by atoms with Gasteiger partial charge in [0.25, 0.3) is 11.6 Å². The van der Waals surface area contributed by atoms with Gasteiger partial charge in [-0.1, -0.05) is 0 Å². The SMILES string of the molecule is CO[C@@]1(NC(=O)C(N)c2ccco2)C(=O)N2C(C(=O)O)=C(COC(C)=O)CS[C@H]21.O=C(O)C(F)(F)F. The number of halogens is 3. The largest absolute Gasteiger partial charge is 0.490 e. The third-order valence-electron chi connectivity index (χ3n) is 4.77. The Hall–Kier alpha value is -3.57. The fourth-order valence-corrected chi connectivity index (χ4v) is 4.52. The lowest BCUT2D eigenvalue weighted by molar-refractivity contribution is -0.193. The number of amides is 2. The summed E-state index contributed by atoms with van der Waals surface area (Å²) in [7, 11) is 1.23. The molecule has 0 saturated carbocycles. The lowest BCUT2D eigenvalue weighted by atomic mass is 9.97. The van der Waals surface area contributed by atoms with Crippen molar-refractivity contribution in [1.29, 1.82) is 0 Å². The molecule has 2 amide bonds. The van der Waals surface area contributed by atoms with Crippen molar-refractivity contribution in [2.45, 2.75) is 30.2 Å². The number of nitrogens with zero attached hydrogens (tertiary/aromatic N) is 1. The normalized spacial score (nSPS) is 21.9. The van der Waals surface area contributed by atoms with E-state index in [2.05, 4.69) is 5.32 Å². The van der Waals surface area contributed by atoms with Crippen LogP contribution in [0.3, 0.4) is 0 Å². The molecule has 0 aliphatic carbocycles. The van der Waals surface area contributed by atoms with Gasteiger partial charge in [0.1, 0.15) is 29.5 Å². The highest BCUT2D eigenvalue weighted by molar-refractivity contribution is 8.00. The number of β-lactam (4-membered cyclic amide) rings is 1. The van der Waals surface area contributed by atoms with Gasteiger partial charge in [-0.2, -0.15) is 13.2 Å². The number of aliphatic carboxylic acids is 2. The molecule has 1 aromatic heterocycles. The van der Waals surface area contributed by atoms with E-state index in [1.54, 1.807) is 6.07 Å². The summed E-state index contributed by atoms with van der Waals surface area (Å²) < 4.78 is 47.0. The molecule has 0 radical (unpaired) electrons. The first-order chi connectivity index (χ1) is 16.7. The quantitative estimate of drug-likeness (QED) is 0.209. The van der Waals surface area contributed by atoms with Crippen LogP contribution < -0.4 is 11.1 Å². The number of nitrogens with two attached hydrogens (primary N) is 1. The summed E-state index contributed by atoms with van der Waals surface area (Å²) >= 11 is 1.17. The van der Waals surface area contributed by atoms with Gasteiger partial charge in [0, 0.05) is 25.4 Å². The van der Waals surface area contributed by atoms with Crippen LogP contribution in [0.15, 0.2) is 34.1 Å². The van der Waals surface area contributed by atoms with Crippen LogP contribution >= 0.6 is 11.8 Å². The van der Waals surface area contributed by atoms with E-state index in [0.717, 1.165) is 4.90 Å². The average molecular weight is 539 g/mol. The molecule has 1 unspecified atom stereocenters. The number of furan rings is 1. The Labute approximate surface area is 204 Å². The van der Waals surface area contributed by atoms with Crippen LogP contribution in [0.1, 0.15) is 18.7 Å². The number of methoxy groups -OCH3 is 1. The zero-order valence-electron chi connectivity index (χ0n) is 18.5. The molecule has 3 heterocycles. The first-order valence-electron chi connectivity index (χ1n) is 9.67. The van der Waals surface area contributed by atoms with Gasteiger partial charge in [-0.15, -0.1) is 11.8 Å². The molecule has 36 heavy (non-hydrogen) atoms. The summed E-state index contributed by atoms with van der Waals surface area (Å²) in [6.07, 6.45) is -3.73. The van der Waals surface area contributed by atoms with Gasteiger partial charge in [-0.25, -0.2) is 9.59 Å². The molecular formula is C19H20F3N3O10S. The molecule has 2 aliphatic heterocycles. The summed E-state index contributed by atoms with van der Waals surface area (Å²) in [6.45, 7) is 0.943. The van der Waals surface area contributed by atoms with E-state index < -0.39 is 53.0 Å². The summed E-state index contributed by atoms with van der Waals surface area (Å²) in [5.41, 5.74) is 4.05. The fraction of sp³-hybridized carbons (Fsp3) is 0.421. The number of alkyl halides is 3. The summed E-state index contributed by atoms with van der Waals surface area (Å²) in [5.74, 6) is -5.81. The lowest BCUT2D eigenvalue weighted by Crippen LogP contribution is -2.81. The van der Waals surface area contributed by atoms with Crippen molar-refractivity contribution < 1.29 is 61.2 Å². The Morgan fingerprint density at radius 2 is 1.97 bits per heavy atom. The molecule has 198 valence electrons. The van der Waals surface area contributed by atoms with Crippen LogP contribution in [0.25, 0.3) is 0 Å². The van der Waals surface area contributed by atoms with Crippen molar-refractivity contribution in [3.63, 3.8) is 0 Å². The number of fused-ring (bicyclic) bond motifs is 1. The molecule has 13 nitrogen and oxygen atoms in total. The molecule has 1 fully saturated rings. The van der Waals surface area contributed by atoms with Crippen molar-refractivity contribution in [3.05, 3.63) is 35.4 Å². The number of ether oxygens (including phenoxy) is 2. The average Bonchev–Trinajstić information content (AvgIpc) is 3.34. The molecule has 3 atom stereocenters. The number of carboxylic acids is 2. The predicted octanol–water partition coefficient (Wildman–Crippen LogP) is 0.189. The minimum atomic E-state index is -5.08. The first kappa shape index (κ1) is 28.7. The molecule has 0 bridgehead atoms. The van der Waals surface area contributed by atoms with Gasteiger partial charge < -0.3 is 35.2 Å². The maximum Gasteiger partial charge on any atom is 0.490 e. The Morgan fingerprint density at radius 3 is 2.42 bits per heavy atom. The van der Waals surface area contributed by atoms with Gasteiger partial charge in [0.05, 0.1) is 6.26 Å². The topological polar surface area (TPSA) is 199 Å². The van der Waals surface area contributed by atoms with Crippen LogP contribution in [0.2, 0.25) is 0 Å². The van der Waals surface area contributed by atoms with Crippen molar-refractivity contribution in [2.24, 2.45) is 5.73 Å². The van der Waals surface area contributed by atoms with Crippen LogP contribution in [0, 0.1) is 0 Å². The molecule has 17 heteroatoms. The smallest absolute Gasteiger partial charge is 0.477 e. The van der Waals surface area contributed by atoms with Crippen molar-refractivity contribution in [1.82, 2.24) is 10.2 Å². The van der Waals surface area contributed by atoms with Crippen LogP contribution in [-0.4, -0.2) is 81.6 Å². The standard InChI is InChI=1S/C17H19N3O8S.C2HF3O2/c1-8(21)28-6-9-7-29-16-17(26-2,15(25)20(16)12(9)14(23)24)19-13(22)11(18)10-4-3-5-27-10;3-2(4,5)1(6)7/h3-5,11,16H,6-7,18H2,1-2H3,(H,19,22)(H,23,24);(H,6,7)/t11?,16-,17-;/m0./s1. The van der Waals surface area contributed by atoms with Crippen molar-refractivity contribution in [3.8, 4) is 0 Å². The lowest BCUT2D eigenvalue weighted by Gasteiger charge is -2.55. The number of carbonyl (C=O) groups is 5. The zero-order chi connectivity index (χ0) is 27.4. The minimum Gasteiger partial charge on any atom is -0.477 e. The summed E-state index contributed by atoms with van der Waals surface area (Å²) in [6, 6.07) is 1.90. The van der Waals surface area contributed by atoms with E-state index in [4.69, 9.17) is 29.5 Å². The van der Waals surface area contributed by atoms with E-state index in [0.29, 0.717) is 0 Å². The third kappa shape index (κ3) is 5.80. The highest BCUT2D eigenvalue weighted by Crippen LogP contribution is 2.46. The Bertz CT molecular complexity index is 1080. The van der Waals surface area contributed by atoms with Gasteiger partial charge in [0.15, 0.2) is 0 Å². The Balaban J connectivity index is 0.000000572. The molecule has 0 spiro atoms. The number of thioether (sulfide) groups is 1. The second kappa shape index (κ2) is 11.0. The monoisotopic (exact) mass is 539 g/mol.